The summed E-state index contributed by atoms with van der Waals surface area (Å²) in [7, 11) is 0. The van der Waals surface area contributed by atoms with Crippen molar-refractivity contribution in [1.82, 2.24) is 14.1 Å². The number of hydrogen-bond donors (Lipinski definition) is 0. The van der Waals surface area contributed by atoms with Gasteiger partial charge in [-0.25, -0.2) is 0 Å². The number of pyridine rings is 1. The first-order valence-corrected chi connectivity index (χ1v) is 14.3. The fourth-order valence-electron chi connectivity index (χ4n) is 6.82. The highest BCUT2D eigenvalue weighted by atomic mass is 15.0. The van der Waals surface area contributed by atoms with Gasteiger partial charge in [-0.05, 0) is 53.6 Å². The minimum atomic E-state index is 1.03. The van der Waals surface area contributed by atoms with Gasteiger partial charge < -0.3 is 9.13 Å². The summed E-state index contributed by atoms with van der Waals surface area (Å²) in [6.07, 6.45) is 1.92. The molecule has 196 valence electrons. The van der Waals surface area contributed by atoms with Crippen molar-refractivity contribution in [2.75, 3.05) is 0 Å². The second kappa shape index (κ2) is 8.92. The number of benzene rings is 6. The van der Waals surface area contributed by atoms with E-state index in [1.165, 1.54) is 60.1 Å². The number of nitrogens with zero attached hydrogens (tertiary/aromatic N) is 3. The first-order chi connectivity index (χ1) is 20.9. The smallest absolute Gasteiger partial charge is 0.0811 e. The topological polar surface area (TPSA) is 22.8 Å². The summed E-state index contributed by atoms with van der Waals surface area (Å²) in [6, 6.07) is 52.0. The Morgan fingerprint density at radius 3 is 1.71 bits per heavy atom. The van der Waals surface area contributed by atoms with E-state index in [0.717, 1.165) is 16.9 Å². The molecular weight excluding hydrogens is 510 g/mol. The van der Waals surface area contributed by atoms with Crippen LogP contribution in [0.3, 0.4) is 0 Å². The Hall–Kier alpha value is -5.67. The Morgan fingerprint density at radius 2 is 0.952 bits per heavy atom. The minimum absolute atomic E-state index is 1.03. The normalized spacial score (nSPS) is 11.8. The Balaban J connectivity index is 1.57. The van der Waals surface area contributed by atoms with Crippen molar-refractivity contribution in [3.05, 3.63) is 152 Å². The van der Waals surface area contributed by atoms with Crippen LogP contribution >= 0.6 is 0 Å². The van der Waals surface area contributed by atoms with Crippen LogP contribution in [0.4, 0.5) is 0 Å². The Labute approximate surface area is 242 Å². The third kappa shape index (κ3) is 3.19. The summed E-state index contributed by atoms with van der Waals surface area (Å²) >= 11 is 0. The molecular formula is C39H25N3. The van der Waals surface area contributed by atoms with Gasteiger partial charge in [-0.3, -0.25) is 4.98 Å². The van der Waals surface area contributed by atoms with Crippen LogP contribution in [0, 0.1) is 0 Å². The molecule has 9 rings (SSSR count). The molecule has 6 aromatic carbocycles. The van der Waals surface area contributed by atoms with E-state index in [1.54, 1.807) is 0 Å². The lowest BCUT2D eigenvalue weighted by atomic mass is 10.0. The summed E-state index contributed by atoms with van der Waals surface area (Å²) < 4.78 is 4.89. The molecule has 0 atom stereocenters. The van der Waals surface area contributed by atoms with Crippen LogP contribution in [0.1, 0.15) is 0 Å². The van der Waals surface area contributed by atoms with Crippen LogP contribution in [-0.4, -0.2) is 14.1 Å². The van der Waals surface area contributed by atoms with Gasteiger partial charge in [0.1, 0.15) is 0 Å². The van der Waals surface area contributed by atoms with Gasteiger partial charge in [0.2, 0.25) is 0 Å². The highest BCUT2D eigenvalue weighted by Crippen LogP contribution is 2.46. The zero-order valence-corrected chi connectivity index (χ0v) is 22.8. The second-order valence-electron chi connectivity index (χ2n) is 10.8. The third-order valence-electron chi connectivity index (χ3n) is 8.51. The molecule has 0 saturated heterocycles. The number of rotatable bonds is 3. The molecule has 0 bridgehead atoms. The molecule has 3 nitrogen and oxygen atoms in total. The van der Waals surface area contributed by atoms with E-state index in [-0.39, 0.29) is 0 Å². The zero-order chi connectivity index (χ0) is 27.6. The van der Waals surface area contributed by atoms with Gasteiger partial charge in [0.25, 0.3) is 0 Å². The van der Waals surface area contributed by atoms with E-state index in [9.17, 15) is 0 Å². The van der Waals surface area contributed by atoms with E-state index in [2.05, 4.69) is 155 Å². The molecule has 0 aliphatic rings. The van der Waals surface area contributed by atoms with E-state index in [4.69, 9.17) is 4.98 Å². The molecule has 3 aromatic heterocycles. The van der Waals surface area contributed by atoms with Gasteiger partial charge in [0.15, 0.2) is 0 Å². The molecule has 0 radical (unpaired) electrons. The molecule has 0 unspecified atom stereocenters. The number of hydrogen-bond acceptors (Lipinski definition) is 1. The molecule has 3 heterocycles. The Kier molecular flexibility index (Phi) is 4.90. The third-order valence-corrected chi connectivity index (χ3v) is 8.51. The molecule has 0 N–H and O–H groups in total. The van der Waals surface area contributed by atoms with E-state index >= 15 is 0 Å². The monoisotopic (exact) mass is 535 g/mol. The summed E-state index contributed by atoms with van der Waals surface area (Å²) in [4.78, 5) is 5.05. The highest BCUT2D eigenvalue weighted by molar-refractivity contribution is 6.35. The van der Waals surface area contributed by atoms with Crippen molar-refractivity contribution in [1.29, 1.82) is 0 Å². The molecule has 0 amide bonds. The number of para-hydroxylation sites is 3. The molecule has 3 heteroatoms. The van der Waals surface area contributed by atoms with Crippen molar-refractivity contribution < 1.29 is 0 Å². The first kappa shape index (κ1) is 23.1. The van der Waals surface area contributed by atoms with E-state index in [0.29, 0.717) is 0 Å². The lowest BCUT2D eigenvalue weighted by Crippen LogP contribution is -1.99. The van der Waals surface area contributed by atoms with Gasteiger partial charge in [0.05, 0.1) is 27.6 Å². The molecule has 0 spiro atoms. The van der Waals surface area contributed by atoms with Gasteiger partial charge in [-0.2, -0.15) is 0 Å². The Morgan fingerprint density at radius 1 is 0.405 bits per heavy atom. The molecule has 42 heavy (non-hydrogen) atoms. The summed E-state index contributed by atoms with van der Waals surface area (Å²) in [5, 5.41) is 6.01. The predicted octanol–water partition coefficient (Wildman–Crippen LogP) is 10.1. The van der Waals surface area contributed by atoms with Crippen molar-refractivity contribution >= 4 is 54.5 Å². The van der Waals surface area contributed by atoms with Gasteiger partial charge >= 0.3 is 0 Å². The van der Waals surface area contributed by atoms with Gasteiger partial charge in [-0.1, -0.05) is 103 Å². The van der Waals surface area contributed by atoms with Gasteiger partial charge in [-0.15, -0.1) is 0 Å². The first-order valence-electron chi connectivity index (χ1n) is 14.3. The van der Waals surface area contributed by atoms with Crippen LogP contribution in [0.25, 0.3) is 77.0 Å². The molecule has 0 fully saturated rings. The maximum absolute atomic E-state index is 5.05. The standard InChI is InChI=1S/C39H25N3/c1-3-13-26(14-4-1)27-15-11-18-29(25-27)42-34-23-10-8-20-31(34)36-37-32(21-12-24-40-37)35-30-19-7-9-22-33(30)41(38(35)39(36)42)28-16-5-2-6-17-28/h1-25H. The average molecular weight is 536 g/mol. The van der Waals surface area contributed by atoms with Gasteiger partial charge in [0, 0.05) is 44.5 Å². The minimum Gasteiger partial charge on any atom is -0.307 e. The summed E-state index contributed by atoms with van der Waals surface area (Å²) in [5.41, 5.74) is 10.4. The fourth-order valence-corrected chi connectivity index (χ4v) is 6.82. The maximum Gasteiger partial charge on any atom is 0.0811 e. The van der Waals surface area contributed by atoms with Crippen LogP contribution < -0.4 is 0 Å². The fraction of sp³-hybridized carbons (Fsp3) is 0. The largest absolute Gasteiger partial charge is 0.307 e. The molecule has 0 saturated carbocycles. The second-order valence-corrected chi connectivity index (χ2v) is 10.8. The molecule has 0 aliphatic heterocycles. The maximum atomic E-state index is 5.05. The summed E-state index contributed by atoms with van der Waals surface area (Å²) in [5.74, 6) is 0. The SMILES string of the molecule is c1ccc(-c2cccc(-n3c4ccccc4c4c5ncccc5c5c6ccccc6n(-c6ccccc6)c5c43)c2)cc1. The van der Waals surface area contributed by atoms with Crippen LogP contribution in [0.15, 0.2) is 152 Å². The van der Waals surface area contributed by atoms with E-state index in [1.807, 2.05) is 6.20 Å². The van der Waals surface area contributed by atoms with E-state index < -0.39 is 0 Å². The van der Waals surface area contributed by atoms with Crippen molar-refractivity contribution in [3.63, 3.8) is 0 Å². The number of aromatic nitrogens is 3. The highest BCUT2D eigenvalue weighted by Gasteiger charge is 2.24. The molecule has 0 aliphatic carbocycles. The zero-order valence-electron chi connectivity index (χ0n) is 22.8. The average Bonchev–Trinajstić information content (AvgIpc) is 3.60. The molecule has 9 aromatic rings. The number of fused-ring (bicyclic) bond motifs is 10. The predicted molar refractivity (Wildman–Crippen MR) is 176 cm³/mol. The quantitative estimate of drug-likeness (QED) is 0.221. The van der Waals surface area contributed by atoms with Crippen molar-refractivity contribution in [2.24, 2.45) is 0 Å². The summed E-state index contributed by atoms with van der Waals surface area (Å²) in [6.45, 7) is 0. The lowest BCUT2D eigenvalue weighted by molar-refractivity contribution is 1.15. The van der Waals surface area contributed by atoms with Crippen LogP contribution in [0.2, 0.25) is 0 Å². The Bertz CT molecular complexity index is 2450. The lowest BCUT2D eigenvalue weighted by Gasteiger charge is -2.14. The van der Waals surface area contributed by atoms with Crippen LogP contribution in [0.5, 0.6) is 0 Å². The van der Waals surface area contributed by atoms with Crippen LogP contribution in [-0.2, 0) is 0 Å². The van der Waals surface area contributed by atoms with Crippen molar-refractivity contribution in [3.8, 4) is 22.5 Å². The van der Waals surface area contributed by atoms with Crippen molar-refractivity contribution in [2.45, 2.75) is 0 Å².